The largest absolute Gasteiger partial charge is 0.427 e. The Labute approximate surface area is 120 Å². The highest BCUT2D eigenvalue weighted by atomic mass is 79.9. The number of ether oxygens (including phenoxy) is 1. The Morgan fingerprint density at radius 3 is 1.89 bits per heavy atom. The maximum absolute atomic E-state index is 10.8. The Morgan fingerprint density at radius 2 is 1.42 bits per heavy atom. The van der Waals surface area contributed by atoms with Gasteiger partial charge in [-0.15, -0.1) is 0 Å². The molecule has 0 aliphatic heterocycles. The van der Waals surface area contributed by atoms with Gasteiger partial charge in [-0.2, -0.15) is 0 Å². The first-order chi connectivity index (χ1) is 9.13. The van der Waals surface area contributed by atoms with Crippen molar-refractivity contribution in [1.82, 2.24) is 0 Å². The minimum atomic E-state index is -0.325. The molecule has 2 aromatic carbocycles. The summed E-state index contributed by atoms with van der Waals surface area (Å²) in [7, 11) is 0. The van der Waals surface area contributed by atoms with E-state index in [1.807, 2.05) is 36.4 Å². The van der Waals surface area contributed by atoms with E-state index in [2.05, 4.69) is 27.8 Å². The highest BCUT2D eigenvalue weighted by Gasteiger charge is 1.96. The number of carbonyl (C=O) groups excluding carboxylic acids is 1. The Kier molecular flexibility index (Phi) is 4.38. The topological polar surface area (TPSA) is 26.3 Å². The minimum Gasteiger partial charge on any atom is -0.427 e. The first-order valence-electron chi connectivity index (χ1n) is 5.69. The van der Waals surface area contributed by atoms with Crippen LogP contribution in [-0.2, 0) is 4.79 Å². The molecule has 0 aliphatic carbocycles. The summed E-state index contributed by atoms with van der Waals surface area (Å²) in [6, 6.07) is 14.9. The van der Waals surface area contributed by atoms with Gasteiger partial charge in [0, 0.05) is 22.5 Å². The second kappa shape index (κ2) is 6.21. The molecule has 0 fully saturated rings. The molecule has 0 amide bonds. The van der Waals surface area contributed by atoms with Crippen LogP contribution in [0, 0.1) is 11.8 Å². The standard InChI is InChI=1S/C16H11BrO2/c1-12(18)19-16-10-6-14(7-11-16)3-2-13-4-8-15(17)9-5-13/h4-11H,1H3. The van der Waals surface area contributed by atoms with E-state index in [4.69, 9.17) is 4.74 Å². The van der Waals surface area contributed by atoms with E-state index in [0.29, 0.717) is 5.75 Å². The molecule has 0 saturated heterocycles. The lowest BCUT2D eigenvalue weighted by Crippen LogP contribution is -2.00. The smallest absolute Gasteiger partial charge is 0.308 e. The normalized spacial score (nSPS) is 9.37. The summed E-state index contributed by atoms with van der Waals surface area (Å²) in [6.07, 6.45) is 0. The maximum atomic E-state index is 10.8. The summed E-state index contributed by atoms with van der Waals surface area (Å²) >= 11 is 3.38. The lowest BCUT2D eigenvalue weighted by Gasteiger charge is -1.99. The van der Waals surface area contributed by atoms with Gasteiger partial charge in [-0.25, -0.2) is 0 Å². The Bertz CT molecular complexity index is 631. The summed E-state index contributed by atoms with van der Waals surface area (Å²) in [5, 5.41) is 0. The molecule has 0 aliphatic rings. The van der Waals surface area contributed by atoms with Crippen molar-refractivity contribution < 1.29 is 9.53 Å². The third kappa shape index (κ3) is 4.27. The number of rotatable bonds is 1. The van der Waals surface area contributed by atoms with E-state index < -0.39 is 0 Å². The molecule has 2 nitrogen and oxygen atoms in total. The monoisotopic (exact) mass is 314 g/mol. The molecular formula is C16H11BrO2. The van der Waals surface area contributed by atoms with Gasteiger partial charge in [-0.3, -0.25) is 4.79 Å². The molecule has 0 saturated carbocycles. The molecule has 2 rings (SSSR count). The van der Waals surface area contributed by atoms with Crippen LogP contribution in [0.15, 0.2) is 53.0 Å². The van der Waals surface area contributed by atoms with Crippen LogP contribution in [-0.4, -0.2) is 5.97 Å². The zero-order chi connectivity index (χ0) is 13.7. The van der Waals surface area contributed by atoms with Gasteiger partial charge >= 0.3 is 5.97 Å². The Balaban J connectivity index is 2.11. The number of esters is 1. The van der Waals surface area contributed by atoms with Crippen molar-refractivity contribution in [2.24, 2.45) is 0 Å². The van der Waals surface area contributed by atoms with Crippen LogP contribution in [0.5, 0.6) is 5.75 Å². The highest BCUT2D eigenvalue weighted by Crippen LogP contribution is 2.12. The quantitative estimate of drug-likeness (QED) is 0.455. The first-order valence-corrected chi connectivity index (χ1v) is 6.49. The summed E-state index contributed by atoms with van der Waals surface area (Å²) in [4.78, 5) is 10.8. The fourth-order valence-corrected chi connectivity index (χ4v) is 1.71. The second-order valence-electron chi connectivity index (χ2n) is 3.87. The summed E-state index contributed by atoms with van der Waals surface area (Å²) < 4.78 is 5.98. The molecule has 19 heavy (non-hydrogen) atoms. The third-order valence-corrected chi connectivity index (χ3v) is 2.84. The van der Waals surface area contributed by atoms with Crippen molar-refractivity contribution >= 4 is 21.9 Å². The van der Waals surface area contributed by atoms with Gasteiger partial charge in [0.2, 0.25) is 0 Å². The molecule has 0 spiro atoms. The minimum absolute atomic E-state index is 0.325. The van der Waals surface area contributed by atoms with E-state index in [1.54, 1.807) is 12.1 Å². The van der Waals surface area contributed by atoms with Gasteiger partial charge in [0.1, 0.15) is 5.75 Å². The summed E-state index contributed by atoms with van der Waals surface area (Å²) in [6.45, 7) is 1.38. The molecular weight excluding hydrogens is 304 g/mol. The molecule has 2 aromatic rings. The van der Waals surface area contributed by atoms with Crippen LogP contribution in [0.4, 0.5) is 0 Å². The second-order valence-corrected chi connectivity index (χ2v) is 4.79. The zero-order valence-electron chi connectivity index (χ0n) is 10.3. The van der Waals surface area contributed by atoms with Gasteiger partial charge in [0.25, 0.3) is 0 Å². The van der Waals surface area contributed by atoms with E-state index in [1.165, 1.54) is 6.92 Å². The van der Waals surface area contributed by atoms with Crippen LogP contribution in [0.3, 0.4) is 0 Å². The van der Waals surface area contributed by atoms with E-state index >= 15 is 0 Å². The Morgan fingerprint density at radius 1 is 0.947 bits per heavy atom. The molecule has 0 heterocycles. The Hall–Kier alpha value is -2.05. The van der Waals surface area contributed by atoms with Gasteiger partial charge in [0.15, 0.2) is 0 Å². The number of carbonyl (C=O) groups is 1. The number of hydrogen-bond donors (Lipinski definition) is 0. The van der Waals surface area contributed by atoms with Gasteiger partial charge in [0.05, 0.1) is 0 Å². The highest BCUT2D eigenvalue weighted by molar-refractivity contribution is 9.10. The van der Waals surface area contributed by atoms with Crippen LogP contribution in [0.1, 0.15) is 18.1 Å². The lowest BCUT2D eigenvalue weighted by atomic mass is 10.2. The number of benzene rings is 2. The van der Waals surface area contributed by atoms with E-state index in [-0.39, 0.29) is 5.97 Å². The van der Waals surface area contributed by atoms with Crippen molar-refractivity contribution in [3.05, 3.63) is 64.1 Å². The van der Waals surface area contributed by atoms with Crippen molar-refractivity contribution in [2.75, 3.05) is 0 Å². The van der Waals surface area contributed by atoms with Crippen molar-refractivity contribution in [3.8, 4) is 17.6 Å². The van der Waals surface area contributed by atoms with Crippen molar-refractivity contribution in [1.29, 1.82) is 0 Å². The van der Waals surface area contributed by atoms with Crippen LogP contribution < -0.4 is 4.74 Å². The number of halogens is 1. The molecule has 0 radical (unpaired) electrons. The molecule has 94 valence electrons. The van der Waals surface area contributed by atoms with Crippen molar-refractivity contribution in [2.45, 2.75) is 6.92 Å². The first kappa shape index (κ1) is 13.4. The van der Waals surface area contributed by atoms with E-state index in [9.17, 15) is 4.79 Å². The molecule has 0 aromatic heterocycles. The average molecular weight is 315 g/mol. The fraction of sp³-hybridized carbons (Fsp3) is 0.0625. The van der Waals surface area contributed by atoms with Gasteiger partial charge < -0.3 is 4.74 Å². The SMILES string of the molecule is CC(=O)Oc1ccc(C#Cc2ccc(Br)cc2)cc1. The van der Waals surface area contributed by atoms with Crippen LogP contribution in [0.2, 0.25) is 0 Å². The van der Waals surface area contributed by atoms with Crippen LogP contribution in [0.25, 0.3) is 0 Å². The fourth-order valence-electron chi connectivity index (χ4n) is 1.45. The van der Waals surface area contributed by atoms with Crippen LogP contribution >= 0.6 is 15.9 Å². The average Bonchev–Trinajstić information content (AvgIpc) is 2.39. The predicted octanol–water partition coefficient (Wildman–Crippen LogP) is 3.77. The number of hydrogen-bond acceptors (Lipinski definition) is 2. The third-order valence-electron chi connectivity index (χ3n) is 2.31. The zero-order valence-corrected chi connectivity index (χ0v) is 11.9. The summed E-state index contributed by atoms with van der Waals surface area (Å²) in [5.74, 6) is 6.33. The molecule has 0 unspecified atom stereocenters. The molecule has 0 bridgehead atoms. The molecule has 3 heteroatoms. The lowest BCUT2D eigenvalue weighted by molar-refractivity contribution is -0.131. The molecule has 0 atom stereocenters. The predicted molar refractivity (Wildman–Crippen MR) is 77.9 cm³/mol. The van der Waals surface area contributed by atoms with E-state index in [0.717, 1.165) is 15.6 Å². The van der Waals surface area contributed by atoms with Crippen molar-refractivity contribution in [3.63, 3.8) is 0 Å². The molecule has 0 N–H and O–H groups in total. The summed E-state index contributed by atoms with van der Waals surface area (Å²) in [5.41, 5.74) is 1.83. The maximum Gasteiger partial charge on any atom is 0.308 e. The van der Waals surface area contributed by atoms with Gasteiger partial charge in [-0.05, 0) is 48.5 Å². The van der Waals surface area contributed by atoms with Gasteiger partial charge in [-0.1, -0.05) is 27.8 Å².